The standard InChI is InChI=1S/C11H12FNO3/c1-6-9(5-10(14)15)16-8-4-2-3-7(12)11(8)13-6/h2-4,6,9,13H,5H2,1H3,(H,14,15). The number of carbonyl (C=O) groups is 1. The molecule has 2 atom stereocenters. The van der Waals surface area contributed by atoms with Gasteiger partial charge in [-0.2, -0.15) is 0 Å². The van der Waals surface area contributed by atoms with Gasteiger partial charge in [-0.25, -0.2) is 4.39 Å². The van der Waals surface area contributed by atoms with Crippen molar-refractivity contribution >= 4 is 11.7 Å². The van der Waals surface area contributed by atoms with Gasteiger partial charge in [-0.15, -0.1) is 0 Å². The number of halogens is 1. The van der Waals surface area contributed by atoms with Crippen molar-refractivity contribution in [2.24, 2.45) is 0 Å². The van der Waals surface area contributed by atoms with Crippen LogP contribution in [0.15, 0.2) is 18.2 Å². The van der Waals surface area contributed by atoms with Crippen molar-refractivity contribution in [3.05, 3.63) is 24.0 Å². The summed E-state index contributed by atoms with van der Waals surface area (Å²) in [5.74, 6) is -0.957. The van der Waals surface area contributed by atoms with Crippen molar-refractivity contribution in [1.82, 2.24) is 0 Å². The predicted octanol–water partition coefficient (Wildman–Crippen LogP) is 1.86. The van der Waals surface area contributed by atoms with Crippen LogP contribution in [0.4, 0.5) is 10.1 Å². The summed E-state index contributed by atoms with van der Waals surface area (Å²) in [6.45, 7) is 1.77. The molecule has 0 saturated heterocycles. The van der Waals surface area contributed by atoms with Crippen molar-refractivity contribution in [3.63, 3.8) is 0 Å². The second kappa shape index (κ2) is 4.00. The normalized spacial score (nSPS) is 22.9. The molecule has 4 nitrogen and oxygen atoms in total. The van der Waals surface area contributed by atoms with E-state index < -0.39 is 17.9 Å². The van der Waals surface area contributed by atoms with Gasteiger partial charge in [-0.1, -0.05) is 6.07 Å². The van der Waals surface area contributed by atoms with Gasteiger partial charge in [0.2, 0.25) is 0 Å². The molecule has 0 fully saturated rings. The number of fused-ring (bicyclic) bond motifs is 1. The fourth-order valence-corrected chi connectivity index (χ4v) is 1.72. The smallest absolute Gasteiger partial charge is 0.307 e. The number of rotatable bonds is 2. The van der Waals surface area contributed by atoms with Gasteiger partial charge in [-0.05, 0) is 19.1 Å². The van der Waals surface area contributed by atoms with Crippen LogP contribution < -0.4 is 10.1 Å². The van der Waals surface area contributed by atoms with Crippen molar-refractivity contribution in [1.29, 1.82) is 0 Å². The van der Waals surface area contributed by atoms with Crippen LogP contribution >= 0.6 is 0 Å². The maximum atomic E-state index is 13.4. The van der Waals surface area contributed by atoms with E-state index in [2.05, 4.69) is 5.32 Å². The Hall–Kier alpha value is -1.78. The Morgan fingerprint density at radius 3 is 3.06 bits per heavy atom. The Balaban J connectivity index is 2.25. The molecule has 1 aliphatic rings. The lowest BCUT2D eigenvalue weighted by Crippen LogP contribution is -2.41. The first-order valence-corrected chi connectivity index (χ1v) is 5.01. The second-order valence-corrected chi connectivity index (χ2v) is 3.80. The third-order valence-corrected chi connectivity index (χ3v) is 2.56. The van der Waals surface area contributed by atoms with E-state index in [4.69, 9.17) is 9.84 Å². The quantitative estimate of drug-likeness (QED) is 0.806. The number of carboxylic acid groups (broad SMARTS) is 1. The van der Waals surface area contributed by atoms with Crippen molar-refractivity contribution < 1.29 is 19.0 Å². The van der Waals surface area contributed by atoms with Crippen LogP contribution in [0.5, 0.6) is 5.75 Å². The topological polar surface area (TPSA) is 58.6 Å². The zero-order valence-corrected chi connectivity index (χ0v) is 8.74. The number of benzene rings is 1. The summed E-state index contributed by atoms with van der Waals surface area (Å²) >= 11 is 0. The molecule has 0 saturated carbocycles. The molecule has 16 heavy (non-hydrogen) atoms. The number of hydrogen-bond donors (Lipinski definition) is 2. The molecule has 1 aromatic rings. The number of ether oxygens (including phenoxy) is 1. The lowest BCUT2D eigenvalue weighted by atomic mass is 10.1. The Morgan fingerprint density at radius 1 is 1.62 bits per heavy atom. The molecule has 5 heteroatoms. The van der Waals surface area contributed by atoms with Crippen LogP contribution in [0.3, 0.4) is 0 Å². The first-order valence-electron chi connectivity index (χ1n) is 5.01. The number of anilines is 1. The largest absolute Gasteiger partial charge is 0.485 e. The van der Waals surface area contributed by atoms with Gasteiger partial charge >= 0.3 is 5.97 Å². The van der Waals surface area contributed by atoms with E-state index in [0.29, 0.717) is 11.4 Å². The highest BCUT2D eigenvalue weighted by Gasteiger charge is 2.29. The average molecular weight is 225 g/mol. The zero-order chi connectivity index (χ0) is 11.7. The Bertz CT molecular complexity index is 422. The van der Waals surface area contributed by atoms with Crippen LogP contribution in [-0.4, -0.2) is 23.2 Å². The molecule has 2 N–H and O–H groups in total. The van der Waals surface area contributed by atoms with Crippen molar-refractivity contribution in [2.75, 3.05) is 5.32 Å². The van der Waals surface area contributed by atoms with E-state index in [-0.39, 0.29) is 12.5 Å². The first kappa shape index (κ1) is 10.7. The van der Waals surface area contributed by atoms with E-state index in [0.717, 1.165) is 0 Å². The summed E-state index contributed by atoms with van der Waals surface area (Å²) in [6, 6.07) is 4.25. The molecule has 1 aliphatic heterocycles. The van der Waals surface area contributed by atoms with Crippen molar-refractivity contribution in [3.8, 4) is 5.75 Å². The van der Waals surface area contributed by atoms with E-state index >= 15 is 0 Å². The summed E-state index contributed by atoms with van der Waals surface area (Å²) in [6.07, 6.45) is -0.587. The van der Waals surface area contributed by atoms with Gasteiger partial charge in [0, 0.05) is 0 Å². The molecule has 2 unspecified atom stereocenters. The molecule has 0 spiro atoms. The van der Waals surface area contributed by atoms with Gasteiger partial charge in [0.25, 0.3) is 0 Å². The van der Waals surface area contributed by atoms with Crippen LogP contribution in [0.1, 0.15) is 13.3 Å². The predicted molar refractivity (Wildman–Crippen MR) is 56.2 cm³/mol. The zero-order valence-electron chi connectivity index (χ0n) is 8.74. The molecule has 0 radical (unpaired) electrons. The fourth-order valence-electron chi connectivity index (χ4n) is 1.72. The summed E-state index contributed by atoms with van der Waals surface area (Å²) in [5, 5.41) is 11.6. The van der Waals surface area contributed by atoms with E-state index in [1.807, 2.05) is 0 Å². The van der Waals surface area contributed by atoms with Crippen LogP contribution in [0.25, 0.3) is 0 Å². The minimum atomic E-state index is -0.932. The summed E-state index contributed by atoms with van der Waals surface area (Å²) in [5.41, 5.74) is 0.302. The molecule has 2 rings (SSSR count). The number of nitrogens with one attached hydrogen (secondary N) is 1. The van der Waals surface area contributed by atoms with E-state index in [9.17, 15) is 9.18 Å². The Labute approximate surface area is 92.0 Å². The maximum Gasteiger partial charge on any atom is 0.307 e. The first-order chi connectivity index (χ1) is 7.58. The molecule has 1 heterocycles. The Morgan fingerprint density at radius 2 is 2.38 bits per heavy atom. The van der Waals surface area contributed by atoms with Crippen LogP contribution in [0, 0.1) is 5.82 Å². The number of hydrogen-bond acceptors (Lipinski definition) is 3. The van der Waals surface area contributed by atoms with E-state index in [1.54, 1.807) is 13.0 Å². The highest BCUT2D eigenvalue weighted by Crippen LogP contribution is 2.34. The highest BCUT2D eigenvalue weighted by atomic mass is 19.1. The van der Waals surface area contributed by atoms with Gasteiger partial charge in [0.1, 0.15) is 23.4 Å². The third kappa shape index (κ3) is 1.93. The average Bonchev–Trinajstić information content (AvgIpc) is 2.20. The molecule has 0 aromatic heterocycles. The minimum absolute atomic E-state index is 0.107. The summed E-state index contributed by atoms with van der Waals surface area (Å²) < 4.78 is 18.8. The lowest BCUT2D eigenvalue weighted by molar-refractivity contribution is -0.139. The number of aliphatic carboxylic acids is 1. The van der Waals surface area contributed by atoms with Crippen LogP contribution in [-0.2, 0) is 4.79 Å². The monoisotopic (exact) mass is 225 g/mol. The fraction of sp³-hybridized carbons (Fsp3) is 0.364. The number of carboxylic acids is 1. The van der Waals surface area contributed by atoms with Gasteiger partial charge in [-0.3, -0.25) is 4.79 Å². The molecule has 0 amide bonds. The van der Waals surface area contributed by atoms with E-state index in [1.165, 1.54) is 12.1 Å². The highest BCUT2D eigenvalue weighted by molar-refractivity contribution is 5.68. The molecule has 86 valence electrons. The molecule has 0 aliphatic carbocycles. The third-order valence-electron chi connectivity index (χ3n) is 2.56. The lowest BCUT2D eigenvalue weighted by Gasteiger charge is -2.32. The summed E-state index contributed by atoms with van der Waals surface area (Å²) in [7, 11) is 0. The second-order valence-electron chi connectivity index (χ2n) is 3.80. The van der Waals surface area contributed by atoms with Gasteiger partial charge < -0.3 is 15.2 Å². The number of para-hydroxylation sites is 1. The van der Waals surface area contributed by atoms with Gasteiger partial charge in [0.05, 0.1) is 12.5 Å². The molecular weight excluding hydrogens is 213 g/mol. The summed E-state index contributed by atoms with van der Waals surface area (Å²) in [4.78, 5) is 10.6. The molecule has 0 bridgehead atoms. The minimum Gasteiger partial charge on any atom is -0.485 e. The SMILES string of the molecule is CC1Nc2c(F)cccc2OC1CC(=O)O. The molecule has 1 aromatic carbocycles. The Kier molecular flexibility index (Phi) is 2.68. The van der Waals surface area contributed by atoms with Crippen molar-refractivity contribution in [2.45, 2.75) is 25.5 Å². The van der Waals surface area contributed by atoms with Gasteiger partial charge in [0.15, 0.2) is 0 Å². The van der Waals surface area contributed by atoms with Crippen LogP contribution in [0.2, 0.25) is 0 Å². The maximum absolute atomic E-state index is 13.4. The molecular formula is C11H12FNO3.